The zero-order valence-corrected chi connectivity index (χ0v) is 15.6. The van der Waals surface area contributed by atoms with E-state index in [1.807, 2.05) is 31.3 Å². The molecule has 0 spiro atoms. The third-order valence-electron chi connectivity index (χ3n) is 4.75. The Morgan fingerprint density at radius 2 is 1.78 bits per heavy atom. The minimum absolute atomic E-state index is 0.000272. The first kappa shape index (κ1) is 17.2. The van der Waals surface area contributed by atoms with Gasteiger partial charge in [-0.2, -0.15) is 0 Å². The first-order chi connectivity index (χ1) is 13.3. The minimum Gasteiger partial charge on any atom is -0.494 e. The van der Waals surface area contributed by atoms with Crippen LogP contribution in [0.3, 0.4) is 0 Å². The summed E-state index contributed by atoms with van der Waals surface area (Å²) < 4.78 is 5.56. The molecule has 0 aliphatic carbocycles. The number of benzene rings is 2. The maximum atomic E-state index is 5.56. The van der Waals surface area contributed by atoms with Crippen LogP contribution < -0.4 is 15.0 Å². The van der Waals surface area contributed by atoms with Crippen LogP contribution in [0.15, 0.2) is 72.9 Å². The quantitative estimate of drug-likeness (QED) is 0.515. The molecule has 3 N–H and O–H groups in total. The molecule has 0 saturated carbocycles. The molecular weight excluding hydrogens is 334 g/mol. The van der Waals surface area contributed by atoms with Gasteiger partial charge in [0.05, 0.1) is 6.61 Å². The third kappa shape index (κ3) is 3.51. The lowest BCUT2D eigenvalue weighted by molar-refractivity contribution is -0.391. The number of nitrogens with one attached hydrogen (secondary N) is 3. The van der Waals surface area contributed by atoms with Crippen molar-refractivity contribution in [3.63, 3.8) is 0 Å². The molecule has 2 aromatic carbocycles. The first-order valence-corrected chi connectivity index (χ1v) is 9.29. The molecule has 4 heteroatoms. The largest absolute Gasteiger partial charge is 0.494 e. The summed E-state index contributed by atoms with van der Waals surface area (Å²) in [5.41, 5.74) is 5.72. The first-order valence-electron chi connectivity index (χ1n) is 9.29. The van der Waals surface area contributed by atoms with Crippen molar-refractivity contribution in [3.05, 3.63) is 89.9 Å². The highest BCUT2D eigenvalue weighted by molar-refractivity contribution is 5.86. The number of fused-ring (bicyclic) bond motifs is 1. The van der Waals surface area contributed by atoms with Gasteiger partial charge in [0, 0.05) is 40.0 Å². The lowest BCUT2D eigenvalue weighted by Crippen LogP contribution is -2.22. The summed E-state index contributed by atoms with van der Waals surface area (Å²) in [4.78, 5) is 6.91. The molecule has 0 saturated heterocycles. The van der Waals surface area contributed by atoms with Crippen LogP contribution in [0, 0.1) is 6.92 Å². The maximum absolute atomic E-state index is 5.56. The van der Waals surface area contributed by atoms with Crippen molar-refractivity contribution >= 4 is 16.6 Å². The smallest absolute Gasteiger partial charge is 0.206 e. The van der Waals surface area contributed by atoms with E-state index in [1.54, 1.807) is 0 Å². The van der Waals surface area contributed by atoms with Gasteiger partial charge in [0.1, 0.15) is 11.8 Å². The van der Waals surface area contributed by atoms with E-state index < -0.39 is 0 Å². The number of rotatable bonds is 6. The molecule has 4 nitrogen and oxygen atoms in total. The monoisotopic (exact) mass is 358 g/mol. The Morgan fingerprint density at radius 1 is 1.00 bits per heavy atom. The SMILES string of the molecule is CCOc1ccc(NC(c2cccc[nH+]2)c2c(C)[nH]c3ccccc23)cc1. The summed E-state index contributed by atoms with van der Waals surface area (Å²) in [6, 6.07) is 22.7. The number of aromatic amines is 2. The fraction of sp³-hybridized carbons (Fsp3) is 0.174. The van der Waals surface area contributed by atoms with E-state index in [4.69, 9.17) is 4.74 Å². The summed E-state index contributed by atoms with van der Waals surface area (Å²) in [6.07, 6.45) is 1.96. The van der Waals surface area contributed by atoms with Gasteiger partial charge in [0.2, 0.25) is 5.69 Å². The number of anilines is 1. The average molecular weight is 358 g/mol. The molecule has 136 valence electrons. The Bertz CT molecular complexity index is 1020. The van der Waals surface area contributed by atoms with Crippen LogP contribution in [0.5, 0.6) is 5.75 Å². The van der Waals surface area contributed by atoms with Gasteiger partial charge in [-0.15, -0.1) is 0 Å². The molecule has 4 rings (SSSR count). The van der Waals surface area contributed by atoms with Gasteiger partial charge in [0.25, 0.3) is 0 Å². The number of pyridine rings is 1. The van der Waals surface area contributed by atoms with Crippen LogP contribution in [0.25, 0.3) is 10.9 Å². The Kier molecular flexibility index (Phi) is 4.79. The van der Waals surface area contributed by atoms with E-state index in [2.05, 4.69) is 70.7 Å². The molecule has 0 amide bonds. The molecule has 0 radical (unpaired) electrons. The van der Waals surface area contributed by atoms with Crippen molar-refractivity contribution in [2.45, 2.75) is 19.9 Å². The Labute approximate surface area is 159 Å². The Balaban J connectivity index is 1.77. The zero-order valence-electron chi connectivity index (χ0n) is 15.6. The van der Waals surface area contributed by atoms with Crippen molar-refractivity contribution in [1.82, 2.24) is 4.98 Å². The summed E-state index contributed by atoms with van der Waals surface area (Å²) in [6.45, 7) is 4.79. The van der Waals surface area contributed by atoms with Crippen LogP contribution in [0.4, 0.5) is 5.69 Å². The molecule has 0 aliphatic rings. The molecular formula is C23H24N3O+. The number of ether oxygens (including phenoxy) is 1. The summed E-state index contributed by atoms with van der Waals surface area (Å²) in [5, 5.41) is 4.93. The summed E-state index contributed by atoms with van der Waals surface area (Å²) in [5.74, 6) is 0.883. The highest BCUT2D eigenvalue weighted by Gasteiger charge is 2.25. The summed E-state index contributed by atoms with van der Waals surface area (Å²) >= 11 is 0. The van der Waals surface area contributed by atoms with Gasteiger partial charge in [0.15, 0.2) is 6.20 Å². The van der Waals surface area contributed by atoms with Crippen molar-refractivity contribution in [1.29, 1.82) is 0 Å². The van der Waals surface area contributed by atoms with E-state index >= 15 is 0 Å². The van der Waals surface area contributed by atoms with Crippen LogP contribution in [-0.4, -0.2) is 11.6 Å². The number of hydrogen-bond acceptors (Lipinski definition) is 2. The predicted molar refractivity (Wildman–Crippen MR) is 109 cm³/mol. The molecule has 0 aliphatic heterocycles. The molecule has 2 aromatic heterocycles. The molecule has 27 heavy (non-hydrogen) atoms. The fourth-order valence-electron chi connectivity index (χ4n) is 3.54. The Hall–Kier alpha value is -3.27. The zero-order chi connectivity index (χ0) is 18.6. The van der Waals surface area contributed by atoms with Gasteiger partial charge in [-0.05, 0) is 44.2 Å². The van der Waals surface area contributed by atoms with Crippen LogP contribution in [0.1, 0.15) is 29.9 Å². The fourth-order valence-corrected chi connectivity index (χ4v) is 3.54. The van der Waals surface area contributed by atoms with E-state index in [1.165, 1.54) is 10.9 Å². The normalized spacial score (nSPS) is 12.1. The molecule has 1 unspecified atom stereocenters. The van der Waals surface area contributed by atoms with Crippen molar-refractivity contribution in [2.75, 3.05) is 11.9 Å². The van der Waals surface area contributed by atoms with Gasteiger partial charge in [-0.25, -0.2) is 4.98 Å². The lowest BCUT2D eigenvalue weighted by atomic mass is 9.99. The minimum atomic E-state index is 0.000272. The van der Waals surface area contributed by atoms with E-state index in [0.29, 0.717) is 6.61 Å². The molecule has 0 bridgehead atoms. The average Bonchev–Trinajstić information content (AvgIpc) is 3.04. The molecule has 4 aromatic rings. The number of aromatic nitrogens is 2. The van der Waals surface area contributed by atoms with E-state index in [0.717, 1.165) is 28.3 Å². The number of hydrogen-bond donors (Lipinski definition) is 2. The second kappa shape index (κ2) is 7.54. The number of H-pyrrole nitrogens is 2. The van der Waals surface area contributed by atoms with Crippen molar-refractivity contribution < 1.29 is 9.72 Å². The second-order valence-corrected chi connectivity index (χ2v) is 6.56. The highest BCUT2D eigenvalue weighted by atomic mass is 16.5. The second-order valence-electron chi connectivity index (χ2n) is 6.56. The molecule has 0 fully saturated rings. The summed E-state index contributed by atoms with van der Waals surface area (Å²) in [7, 11) is 0. The topological polar surface area (TPSA) is 51.2 Å². The van der Waals surface area contributed by atoms with E-state index in [9.17, 15) is 0 Å². The third-order valence-corrected chi connectivity index (χ3v) is 4.75. The standard InChI is InChI=1S/C23H23N3O/c1-3-27-18-13-11-17(12-14-18)26-23(21-10-6-7-15-24-21)22-16(2)25-20-9-5-4-8-19(20)22/h4-15,23,25-26H,3H2,1-2H3/p+1. The van der Waals surface area contributed by atoms with Crippen LogP contribution >= 0.6 is 0 Å². The lowest BCUT2D eigenvalue weighted by Gasteiger charge is -2.18. The van der Waals surface area contributed by atoms with E-state index in [-0.39, 0.29) is 6.04 Å². The maximum Gasteiger partial charge on any atom is 0.206 e. The van der Waals surface area contributed by atoms with Gasteiger partial charge in [-0.1, -0.05) is 24.3 Å². The number of para-hydroxylation sites is 1. The highest BCUT2D eigenvalue weighted by Crippen LogP contribution is 2.33. The Morgan fingerprint density at radius 3 is 2.52 bits per heavy atom. The van der Waals surface area contributed by atoms with Crippen molar-refractivity contribution in [3.8, 4) is 5.75 Å². The van der Waals surface area contributed by atoms with Crippen LogP contribution in [0.2, 0.25) is 0 Å². The van der Waals surface area contributed by atoms with Gasteiger partial charge in [-0.3, -0.25) is 0 Å². The van der Waals surface area contributed by atoms with Crippen LogP contribution in [-0.2, 0) is 0 Å². The predicted octanol–water partition coefficient (Wildman–Crippen LogP) is 4.89. The number of aryl methyl sites for hydroxylation is 1. The van der Waals surface area contributed by atoms with Gasteiger partial charge >= 0.3 is 0 Å². The molecule has 2 heterocycles. The van der Waals surface area contributed by atoms with Crippen molar-refractivity contribution in [2.24, 2.45) is 0 Å². The molecule has 1 atom stereocenters. The van der Waals surface area contributed by atoms with Gasteiger partial charge < -0.3 is 15.0 Å².